The molecule has 4 nitrogen and oxygen atoms in total. The Hall–Kier alpha value is -1.54. The van der Waals surface area contributed by atoms with Gasteiger partial charge >= 0.3 is 0 Å². The number of halogens is 1. The summed E-state index contributed by atoms with van der Waals surface area (Å²) in [4.78, 5) is 11.3. The molecule has 0 saturated heterocycles. The van der Waals surface area contributed by atoms with E-state index in [2.05, 4.69) is 21.2 Å². The fourth-order valence-electron chi connectivity index (χ4n) is 1.16. The highest BCUT2D eigenvalue weighted by atomic mass is 79.9. The largest absolute Gasteiger partial charge is 0.484 e. The molecule has 1 rings (SSSR count). The van der Waals surface area contributed by atoms with E-state index in [4.69, 9.17) is 10.00 Å². The van der Waals surface area contributed by atoms with Crippen LogP contribution in [0, 0.1) is 18.3 Å². The average Bonchev–Trinajstić information content (AvgIpc) is 2.31. The number of hydrogen-bond donors (Lipinski definition) is 1. The zero-order chi connectivity index (χ0) is 12.7. The van der Waals surface area contributed by atoms with Gasteiger partial charge in [-0.2, -0.15) is 5.26 Å². The zero-order valence-corrected chi connectivity index (χ0v) is 11.1. The molecule has 90 valence electrons. The van der Waals surface area contributed by atoms with Crippen molar-refractivity contribution in [1.29, 1.82) is 5.26 Å². The van der Waals surface area contributed by atoms with Gasteiger partial charge in [-0.15, -0.1) is 0 Å². The van der Waals surface area contributed by atoms with E-state index in [1.807, 2.05) is 25.1 Å². The lowest BCUT2D eigenvalue weighted by molar-refractivity contribution is -0.123. The number of aryl methyl sites for hydroxylation is 1. The summed E-state index contributed by atoms with van der Waals surface area (Å²) in [5, 5.41) is 10.9. The summed E-state index contributed by atoms with van der Waals surface area (Å²) in [6, 6.07) is 7.47. The number of benzene rings is 1. The lowest BCUT2D eigenvalue weighted by atomic mass is 10.2. The van der Waals surface area contributed by atoms with Crippen LogP contribution in [-0.2, 0) is 4.79 Å². The van der Waals surface area contributed by atoms with Gasteiger partial charge in [0.2, 0.25) is 0 Å². The van der Waals surface area contributed by atoms with Crippen molar-refractivity contribution in [2.75, 3.05) is 13.2 Å². The first-order valence-electron chi connectivity index (χ1n) is 5.16. The van der Waals surface area contributed by atoms with Crippen molar-refractivity contribution in [2.24, 2.45) is 0 Å². The summed E-state index contributed by atoms with van der Waals surface area (Å²) in [5.74, 6) is 0.432. The molecule has 1 amide bonds. The maximum Gasteiger partial charge on any atom is 0.257 e. The van der Waals surface area contributed by atoms with Gasteiger partial charge in [0.15, 0.2) is 6.61 Å². The van der Waals surface area contributed by atoms with E-state index in [-0.39, 0.29) is 12.5 Å². The molecular formula is C12H13BrN2O2. The second-order valence-corrected chi connectivity index (χ2v) is 4.31. The first-order chi connectivity index (χ1) is 8.13. The van der Waals surface area contributed by atoms with Crippen LogP contribution in [0.2, 0.25) is 0 Å². The summed E-state index contributed by atoms with van der Waals surface area (Å²) in [7, 11) is 0. The van der Waals surface area contributed by atoms with Crippen LogP contribution in [0.15, 0.2) is 22.7 Å². The van der Waals surface area contributed by atoms with Crippen molar-refractivity contribution in [3.8, 4) is 11.8 Å². The number of nitrogens with one attached hydrogen (secondary N) is 1. The predicted molar refractivity (Wildman–Crippen MR) is 67.6 cm³/mol. The van der Waals surface area contributed by atoms with Crippen LogP contribution in [0.25, 0.3) is 0 Å². The van der Waals surface area contributed by atoms with E-state index in [1.54, 1.807) is 6.07 Å². The van der Waals surface area contributed by atoms with Gasteiger partial charge in [-0.25, -0.2) is 0 Å². The van der Waals surface area contributed by atoms with E-state index in [0.717, 1.165) is 10.0 Å². The Balaban J connectivity index is 2.37. The molecule has 0 aliphatic rings. The molecular weight excluding hydrogens is 284 g/mol. The normalized spacial score (nSPS) is 9.47. The number of amides is 1. The molecule has 0 saturated carbocycles. The van der Waals surface area contributed by atoms with Crippen molar-refractivity contribution in [1.82, 2.24) is 5.32 Å². The molecule has 0 aliphatic heterocycles. The number of carbonyl (C=O) groups is 1. The molecule has 0 spiro atoms. The highest BCUT2D eigenvalue weighted by Gasteiger charge is 2.03. The van der Waals surface area contributed by atoms with Crippen molar-refractivity contribution >= 4 is 21.8 Å². The minimum absolute atomic E-state index is 0.0352. The van der Waals surface area contributed by atoms with Gasteiger partial charge < -0.3 is 10.1 Å². The third kappa shape index (κ3) is 4.87. The molecule has 0 radical (unpaired) electrons. The van der Waals surface area contributed by atoms with Crippen molar-refractivity contribution in [3.05, 3.63) is 28.2 Å². The summed E-state index contributed by atoms with van der Waals surface area (Å²) in [6.07, 6.45) is 0.309. The van der Waals surface area contributed by atoms with Gasteiger partial charge in [0, 0.05) is 11.0 Å². The van der Waals surface area contributed by atoms with E-state index in [1.165, 1.54) is 0 Å². The molecule has 0 bridgehead atoms. The van der Waals surface area contributed by atoms with E-state index >= 15 is 0 Å². The molecule has 0 fully saturated rings. The number of nitrogens with zero attached hydrogens (tertiary/aromatic N) is 1. The summed E-state index contributed by atoms with van der Waals surface area (Å²) >= 11 is 3.39. The maximum absolute atomic E-state index is 11.3. The standard InChI is InChI=1S/C12H13BrN2O2/c1-9-7-10(3-4-11(9)13)17-8-12(16)15-6-2-5-14/h3-4,7H,2,6,8H2,1H3,(H,15,16). The van der Waals surface area contributed by atoms with Crippen LogP contribution in [0.1, 0.15) is 12.0 Å². The molecule has 1 aromatic rings. The Morgan fingerprint density at radius 3 is 3.00 bits per heavy atom. The van der Waals surface area contributed by atoms with Gasteiger partial charge in [0.25, 0.3) is 5.91 Å². The summed E-state index contributed by atoms with van der Waals surface area (Å²) < 4.78 is 6.32. The van der Waals surface area contributed by atoms with Crippen LogP contribution < -0.4 is 10.1 Å². The third-order valence-corrected chi connectivity index (χ3v) is 2.95. The quantitative estimate of drug-likeness (QED) is 0.847. The Morgan fingerprint density at radius 2 is 2.35 bits per heavy atom. The van der Waals surface area contributed by atoms with Gasteiger partial charge in [0.1, 0.15) is 5.75 Å². The summed E-state index contributed by atoms with van der Waals surface area (Å²) in [5.41, 5.74) is 1.05. The SMILES string of the molecule is Cc1cc(OCC(=O)NCCC#N)ccc1Br. The molecule has 0 unspecified atom stereocenters. The van der Waals surface area contributed by atoms with Gasteiger partial charge in [-0.3, -0.25) is 4.79 Å². The van der Waals surface area contributed by atoms with Crippen LogP contribution >= 0.6 is 15.9 Å². The monoisotopic (exact) mass is 296 g/mol. The Labute approximate surface area is 109 Å². The lowest BCUT2D eigenvalue weighted by Gasteiger charge is -2.07. The second kappa shape index (κ2) is 6.92. The molecule has 0 aliphatic carbocycles. The fraction of sp³-hybridized carbons (Fsp3) is 0.333. The highest BCUT2D eigenvalue weighted by Crippen LogP contribution is 2.21. The first-order valence-corrected chi connectivity index (χ1v) is 5.95. The number of hydrogen-bond acceptors (Lipinski definition) is 3. The van der Waals surface area contributed by atoms with Gasteiger partial charge in [-0.05, 0) is 30.7 Å². The molecule has 1 aromatic carbocycles. The van der Waals surface area contributed by atoms with Crippen molar-refractivity contribution < 1.29 is 9.53 Å². The minimum Gasteiger partial charge on any atom is -0.484 e. The van der Waals surface area contributed by atoms with E-state index < -0.39 is 0 Å². The number of nitriles is 1. The third-order valence-electron chi connectivity index (χ3n) is 2.06. The maximum atomic E-state index is 11.3. The number of ether oxygens (including phenoxy) is 1. The van der Waals surface area contributed by atoms with E-state index in [0.29, 0.717) is 18.7 Å². The molecule has 5 heteroatoms. The molecule has 1 N–H and O–H groups in total. The summed E-state index contributed by atoms with van der Waals surface area (Å²) in [6.45, 7) is 2.27. The average molecular weight is 297 g/mol. The number of carbonyl (C=O) groups excluding carboxylic acids is 1. The Bertz CT molecular complexity index is 441. The first kappa shape index (κ1) is 13.5. The predicted octanol–water partition coefficient (Wildman–Crippen LogP) is 2.17. The van der Waals surface area contributed by atoms with Crippen LogP contribution in [0.4, 0.5) is 0 Å². The van der Waals surface area contributed by atoms with Crippen LogP contribution in [0.5, 0.6) is 5.75 Å². The lowest BCUT2D eigenvalue weighted by Crippen LogP contribution is -2.29. The van der Waals surface area contributed by atoms with Crippen LogP contribution in [0.3, 0.4) is 0 Å². The van der Waals surface area contributed by atoms with Gasteiger partial charge in [-0.1, -0.05) is 15.9 Å². The van der Waals surface area contributed by atoms with Crippen molar-refractivity contribution in [3.63, 3.8) is 0 Å². The Kier molecular flexibility index (Phi) is 5.50. The fourth-order valence-corrected chi connectivity index (χ4v) is 1.41. The topological polar surface area (TPSA) is 62.1 Å². The zero-order valence-electron chi connectivity index (χ0n) is 9.50. The molecule has 0 atom stereocenters. The molecule has 0 heterocycles. The van der Waals surface area contributed by atoms with Crippen LogP contribution in [-0.4, -0.2) is 19.1 Å². The molecule has 17 heavy (non-hydrogen) atoms. The second-order valence-electron chi connectivity index (χ2n) is 3.46. The number of rotatable bonds is 5. The smallest absolute Gasteiger partial charge is 0.257 e. The van der Waals surface area contributed by atoms with E-state index in [9.17, 15) is 4.79 Å². The highest BCUT2D eigenvalue weighted by molar-refractivity contribution is 9.10. The minimum atomic E-state index is -0.221. The van der Waals surface area contributed by atoms with Gasteiger partial charge in [0.05, 0.1) is 12.5 Å². The Morgan fingerprint density at radius 1 is 1.59 bits per heavy atom. The molecule has 0 aromatic heterocycles. The van der Waals surface area contributed by atoms with Crippen molar-refractivity contribution in [2.45, 2.75) is 13.3 Å².